The van der Waals surface area contributed by atoms with E-state index in [0.717, 1.165) is 5.56 Å². The highest BCUT2D eigenvalue weighted by atomic mass is 16.5. The van der Waals surface area contributed by atoms with Gasteiger partial charge in [-0.05, 0) is 17.9 Å². The fraction of sp³-hybridized carbons (Fsp3) is 0.500. The van der Waals surface area contributed by atoms with Crippen LogP contribution in [-0.4, -0.2) is 31.1 Å². The third-order valence-corrected chi connectivity index (χ3v) is 3.15. The SMILES string of the molecule is COC(=O)C(Cc1ccccc1)NC(=O)[C@@H](N)CC(C)C. The number of hydrogen-bond acceptors (Lipinski definition) is 4. The highest BCUT2D eigenvalue weighted by Gasteiger charge is 2.24. The summed E-state index contributed by atoms with van der Waals surface area (Å²) in [5, 5.41) is 2.68. The van der Waals surface area contributed by atoms with E-state index < -0.39 is 18.1 Å². The molecule has 3 N–H and O–H groups in total. The van der Waals surface area contributed by atoms with Crippen LogP contribution in [-0.2, 0) is 20.7 Å². The first-order valence-electron chi connectivity index (χ1n) is 7.11. The Bertz CT molecular complexity index is 460. The van der Waals surface area contributed by atoms with Crippen LogP contribution in [0.1, 0.15) is 25.8 Å². The molecule has 21 heavy (non-hydrogen) atoms. The van der Waals surface area contributed by atoms with Gasteiger partial charge in [0.25, 0.3) is 0 Å². The molecular weight excluding hydrogens is 268 g/mol. The number of ether oxygens (including phenoxy) is 1. The Balaban J connectivity index is 2.70. The van der Waals surface area contributed by atoms with E-state index in [2.05, 4.69) is 5.32 Å². The van der Waals surface area contributed by atoms with Gasteiger partial charge in [-0.3, -0.25) is 4.79 Å². The van der Waals surface area contributed by atoms with E-state index in [-0.39, 0.29) is 5.91 Å². The smallest absolute Gasteiger partial charge is 0.328 e. The molecule has 0 aromatic heterocycles. The molecule has 1 aromatic rings. The third-order valence-electron chi connectivity index (χ3n) is 3.15. The summed E-state index contributed by atoms with van der Waals surface area (Å²) in [7, 11) is 1.31. The zero-order chi connectivity index (χ0) is 15.8. The Morgan fingerprint density at radius 1 is 1.24 bits per heavy atom. The van der Waals surface area contributed by atoms with Crippen molar-refractivity contribution >= 4 is 11.9 Å². The van der Waals surface area contributed by atoms with Gasteiger partial charge in [-0.2, -0.15) is 0 Å². The average molecular weight is 292 g/mol. The van der Waals surface area contributed by atoms with Gasteiger partial charge < -0.3 is 15.8 Å². The van der Waals surface area contributed by atoms with Gasteiger partial charge in [-0.1, -0.05) is 44.2 Å². The Hall–Kier alpha value is -1.88. The van der Waals surface area contributed by atoms with Crippen molar-refractivity contribution in [1.29, 1.82) is 0 Å². The summed E-state index contributed by atoms with van der Waals surface area (Å²) in [6.45, 7) is 3.99. The van der Waals surface area contributed by atoms with Crippen molar-refractivity contribution in [1.82, 2.24) is 5.32 Å². The number of amides is 1. The Morgan fingerprint density at radius 2 is 1.86 bits per heavy atom. The molecule has 5 nitrogen and oxygen atoms in total. The molecule has 5 heteroatoms. The maximum absolute atomic E-state index is 12.1. The van der Waals surface area contributed by atoms with Gasteiger partial charge in [-0.15, -0.1) is 0 Å². The minimum Gasteiger partial charge on any atom is -0.467 e. The van der Waals surface area contributed by atoms with Crippen LogP contribution < -0.4 is 11.1 Å². The highest BCUT2D eigenvalue weighted by Crippen LogP contribution is 2.07. The van der Waals surface area contributed by atoms with Crippen molar-refractivity contribution in [2.24, 2.45) is 11.7 Å². The van der Waals surface area contributed by atoms with E-state index in [0.29, 0.717) is 18.8 Å². The first-order valence-corrected chi connectivity index (χ1v) is 7.11. The van der Waals surface area contributed by atoms with Crippen molar-refractivity contribution in [2.75, 3.05) is 7.11 Å². The van der Waals surface area contributed by atoms with E-state index in [1.54, 1.807) is 0 Å². The molecule has 0 aliphatic rings. The number of hydrogen-bond donors (Lipinski definition) is 2. The summed E-state index contributed by atoms with van der Waals surface area (Å²) < 4.78 is 4.75. The van der Waals surface area contributed by atoms with Gasteiger partial charge >= 0.3 is 5.97 Å². The molecular formula is C16H24N2O3. The fourth-order valence-electron chi connectivity index (χ4n) is 2.08. The lowest BCUT2D eigenvalue weighted by Gasteiger charge is -2.20. The maximum atomic E-state index is 12.1. The second kappa shape index (κ2) is 8.42. The van der Waals surface area contributed by atoms with Gasteiger partial charge in [-0.25, -0.2) is 4.79 Å². The van der Waals surface area contributed by atoms with Crippen molar-refractivity contribution in [3.63, 3.8) is 0 Å². The van der Waals surface area contributed by atoms with E-state index in [9.17, 15) is 9.59 Å². The van der Waals surface area contributed by atoms with Gasteiger partial charge in [0, 0.05) is 6.42 Å². The van der Waals surface area contributed by atoms with Gasteiger partial charge in [0.2, 0.25) is 5.91 Å². The topological polar surface area (TPSA) is 81.4 Å². The number of carbonyl (C=O) groups excluding carboxylic acids is 2. The maximum Gasteiger partial charge on any atom is 0.328 e. The van der Waals surface area contributed by atoms with Gasteiger partial charge in [0.15, 0.2) is 0 Å². The molecule has 0 radical (unpaired) electrons. The normalized spacial score (nSPS) is 13.6. The number of methoxy groups -OCH3 is 1. The lowest BCUT2D eigenvalue weighted by molar-refractivity contribution is -0.145. The molecule has 0 spiro atoms. The first kappa shape index (κ1) is 17.2. The van der Waals surface area contributed by atoms with Crippen LogP contribution in [0.4, 0.5) is 0 Å². The molecule has 0 aliphatic heterocycles. The second-order valence-corrected chi connectivity index (χ2v) is 5.51. The van der Waals surface area contributed by atoms with Crippen LogP contribution in [0, 0.1) is 5.92 Å². The quantitative estimate of drug-likeness (QED) is 0.741. The number of rotatable bonds is 7. The summed E-state index contributed by atoms with van der Waals surface area (Å²) >= 11 is 0. The predicted octanol–water partition coefficient (Wildman–Crippen LogP) is 1.26. The van der Waals surface area contributed by atoms with Crippen LogP contribution in [0.15, 0.2) is 30.3 Å². The average Bonchev–Trinajstić information content (AvgIpc) is 2.46. The largest absolute Gasteiger partial charge is 0.467 e. The minimum absolute atomic E-state index is 0.316. The third kappa shape index (κ3) is 5.95. The van der Waals surface area contributed by atoms with E-state index >= 15 is 0 Å². The molecule has 0 aliphatic carbocycles. The zero-order valence-electron chi connectivity index (χ0n) is 12.8. The summed E-state index contributed by atoms with van der Waals surface area (Å²) in [4.78, 5) is 23.9. The molecule has 1 rings (SSSR count). The summed E-state index contributed by atoms with van der Waals surface area (Å²) in [5.41, 5.74) is 6.79. The predicted molar refractivity (Wildman–Crippen MR) is 81.5 cm³/mol. The molecule has 1 amide bonds. The lowest BCUT2D eigenvalue weighted by Crippen LogP contribution is -2.50. The first-order chi connectivity index (χ1) is 9.93. The zero-order valence-corrected chi connectivity index (χ0v) is 12.8. The molecule has 1 aromatic carbocycles. The molecule has 0 saturated heterocycles. The van der Waals surface area contributed by atoms with E-state index in [1.807, 2.05) is 44.2 Å². The monoisotopic (exact) mass is 292 g/mol. The highest BCUT2D eigenvalue weighted by molar-refractivity contribution is 5.87. The Morgan fingerprint density at radius 3 is 2.38 bits per heavy atom. The number of carbonyl (C=O) groups is 2. The lowest BCUT2D eigenvalue weighted by atomic mass is 10.0. The minimum atomic E-state index is -0.719. The van der Waals surface area contributed by atoms with Crippen LogP contribution in [0.5, 0.6) is 0 Å². The Kier molecular flexibility index (Phi) is 6.88. The summed E-state index contributed by atoms with van der Waals surface area (Å²) in [6, 6.07) is 8.13. The second-order valence-electron chi connectivity index (χ2n) is 5.51. The van der Waals surface area contributed by atoms with Crippen LogP contribution >= 0.6 is 0 Å². The Labute approximate surface area is 125 Å². The number of benzene rings is 1. The summed E-state index contributed by atoms with van der Waals surface area (Å²) in [5.74, 6) is -0.476. The van der Waals surface area contributed by atoms with Gasteiger partial charge in [0.05, 0.1) is 13.2 Å². The fourth-order valence-corrected chi connectivity index (χ4v) is 2.08. The molecule has 2 atom stereocenters. The van der Waals surface area contributed by atoms with E-state index in [4.69, 9.17) is 10.5 Å². The van der Waals surface area contributed by atoms with Crippen molar-refractivity contribution in [3.8, 4) is 0 Å². The standard InChI is InChI=1S/C16H24N2O3/c1-11(2)9-13(17)15(19)18-14(16(20)21-3)10-12-7-5-4-6-8-12/h4-8,11,13-14H,9-10,17H2,1-3H3,(H,18,19)/t13-,14?/m0/s1. The molecule has 1 unspecified atom stereocenters. The molecule has 0 bridgehead atoms. The van der Waals surface area contributed by atoms with Crippen molar-refractivity contribution in [2.45, 2.75) is 38.8 Å². The van der Waals surface area contributed by atoms with Crippen LogP contribution in [0.2, 0.25) is 0 Å². The van der Waals surface area contributed by atoms with Crippen LogP contribution in [0.25, 0.3) is 0 Å². The van der Waals surface area contributed by atoms with E-state index in [1.165, 1.54) is 7.11 Å². The van der Waals surface area contributed by atoms with Crippen molar-refractivity contribution in [3.05, 3.63) is 35.9 Å². The molecule has 0 heterocycles. The molecule has 116 valence electrons. The van der Waals surface area contributed by atoms with Crippen LogP contribution in [0.3, 0.4) is 0 Å². The molecule has 0 saturated carbocycles. The number of nitrogens with one attached hydrogen (secondary N) is 1. The van der Waals surface area contributed by atoms with Gasteiger partial charge in [0.1, 0.15) is 6.04 Å². The number of nitrogens with two attached hydrogens (primary N) is 1. The van der Waals surface area contributed by atoms with Crippen molar-refractivity contribution < 1.29 is 14.3 Å². The number of esters is 1. The molecule has 0 fully saturated rings. The summed E-state index contributed by atoms with van der Waals surface area (Å²) in [6.07, 6.45) is 0.957.